The van der Waals surface area contributed by atoms with E-state index in [1.54, 1.807) is 0 Å². The van der Waals surface area contributed by atoms with Crippen molar-refractivity contribution in [3.05, 3.63) is 94.3 Å². The van der Waals surface area contributed by atoms with Crippen molar-refractivity contribution < 1.29 is 4.74 Å². The Morgan fingerprint density at radius 1 is 1.11 bits per heavy atom. The van der Waals surface area contributed by atoms with Gasteiger partial charge in [0, 0.05) is 29.3 Å². The molecule has 5 heteroatoms. The molecule has 0 saturated carbocycles. The van der Waals surface area contributed by atoms with Crippen LogP contribution in [0.25, 0.3) is 0 Å². The van der Waals surface area contributed by atoms with E-state index in [9.17, 15) is 0 Å². The van der Waals surface area contributed by atoms with Gasteiger partial charge in [-0.15, -0.1) is 0 Å². The monoisotopic (exact) mass is 410 g/mol. The molecule has 0 spiro atoms. The van der Waals surface area contributed by atoms with Gasteiger partial charge in [-0.25, -0.2) is 4.99 Å². The summed E-state index contributed by atoms with van der Waals surface area (Å²) < 4.78 is 8.06. The lowest BCUT2D eigenvalue weighted by Crippen LogP contribution is -2.11. The average molecular weight is 411 g/mol. The first kappa shape index (κ1) is 19.2. The van der Waals surface area contributed by atoms with Crippen molar-refractivity contribution in [2.24, 2.45) is 4.99 Å². The quantitative estimate of drug-likeness (QED) is 0.508. The number of hydrogen-bond acceptors (Lipinski definition) is 3. The minimum absolute atomic E-state index is 0.203. The van der Waals surface area contributed by atoms with Crippen LogP contribution in [0.1, 0.15) is 22.4 Å². The third-order valence-corrected chi connectivity index (χ3v) is 6.29. The van der Waals surface area contributed by atoms with Gasteiger partial charge in [-0.05, 0) is 36.2 Å². The molecule has 4 rings (SSSR count). The highest BCUT2D eigenvalue weighted by Crippen LogP contribution is 2.21. The first-order valence-corrected chi connectivity index (χ1v) is 10.9. The molecule has 1 atom stereocenters. The van der Waals surface area contributed by atoms with E-state index in [0.717, 1.165) is 33.7 Å². The second kappa shape index (κ2) is 8.89. The molecule has 0 N–H and O–H groups in total. The highest BCUT2D eigenvalue weighted by atomic mass is 35.5. The van der Waals surface area contributed by atoms with E-state index in [1.165, 1.54) is 11.1 Å². The van der Waals surface area contributed by atoms with E-state index in [0.29, 0.717) is 13.2 Å². The number of thioether (sulfide) groups is 1. The van der Waals surface area contributed by atoms with Gasteiger partial charge >= 0.3 is 0 Å². The fraction of sp³-hybridized carbons (Fsp3) is 0.261. The number of rotatable bonds is 7. The molecular formula is C23H23ClN2OS. The van der Waals surface area contributed by atoms with Crippen LogP contribution in [0.2, 0.25) is 5.02 Å². The van der Waals surface area contributed by atoms with Gasteiger partial charge < -0.3 is 9.30 Å². The number of nitrogens with zero attached hydrogens (tertiary/aromatic N) is 2. The fourth-order valence-electron chi connectivity index (χ4n) is 3.19. The number of ether oxygens (including phenoxy) is 1. The summed E-state index contributed by atoms with van der Waals surface area (Å²) in [5.74, 6) is 2.70. The molecule has 144 valence electrons. The van der Waals surface area contributed by atoms with Crippen molar-refractivity contribution in [2.75, 3.05) is 12.4 Å². The summed E-state index contributed by atoms with van der Waals surface area (Å²) in [5.41, 5.74) is 4.75. The van der Waals surface area contributed by atoms with Gasteiger partial charge in [0.05, 0.1) is 6.04 Å². The molecule has 28 heavy (non-hydrogen) atoms. The molecule has 0 fully saturated rings. The van der Waals surface area contributed by atoms with Crippen LogP contribution in [0.3, 0.4) is 0 Å². The fourth-order valence-corrected chi connectivity index (χ4v) is 4.38. The number of halogens is 1. The summed E-state index contributed by atoms with van der Waals surface area (Å²) in [5, 5.41) is 0.779. The number of aromatic nitrogens is 1. The summed E-state index contributed by atoms with van der Waals surface area (Å²) in [6.07, 6.45) is 2.05. The Bertz CT molecular complexity index is 965. The summed E-state index contributed by atoms with van der Waals surface area (Å²) in [6.45, 7) is 3.47. The molecule has 0 aliphatic carbocycles. The normalized spacial score (nSPS) is 16.1. The molecule has 2 aromatic carbocycles. The van der Waals surface area contributed by atoms with Crippen molar-refractivity contribution in [3.63, 3.8) is 0 Å². The van der Waals surface area contributed by atoms with Crippen molar-refractivity contribution in [2.45, 2.75) is 25.3 Å². The topological polar surface area (TPSA) is 26.5 Å². The van der Waals surface area contributed by atoms with Gasteiger partial charge in [0.15, 0.2) is 0 Å². The van der Waals surface area contributed by atoms with Crippen molar-refractivity contribution in [1.82, 2.24) is 4.57 Å². The summed E-state index contributed by atoms with van der Waals surface area (Å²) in [6, 6.07) is 20.9. The second-order valence-electron chi connectivity index (χ2n) is 7.01. The maximum atomic E-state index is 6.32. The SMILES string of the molecule is Cc1ccc(CSC[C@H]2COC(c3cccn3Cc3ccccc3Cl)=N2)cc1. The predicted molar refractivity (Wildman–Crippen MR) is 119 cm³/mol. The highest BCUT2D eigenvalue weighted by molar-refractivity contribution is 7.98. The number of hydrogen-bond donors (Lipinski definition) is 0. The van der Waals surface area contributed by atoms with E-state index < -0.39 is 0 Å². The molecule has 1 aliphatic rings. The van der Waals surface area contributed by atoms with Crippen molar-refractivity contribution in [1.29, 1.82) is 0 Å². The molecule has 1 aromatic heterocycles. The van der Waals surface area contributed by atoms with Crippen molar-refractivity contribution in [3.8, 4) is 0 Å². The Labute approximate surface area is 175 Å². The van der Waals surface area contributed by atoms with E-state index >= 15 is 0 Å². The Balaban J connectivity index is 1.37. The Morgan fingerprint density at radius 3 is 2.75 bits per heavy atom. The summed E-state index contributed by atoms with van der Waals surface area (Å²) in [4.78, 5) is 4.82. The van der Waals surface area contributed by atoms with Gasteiger partial charge in [0.25, 0.3) is 0 Å². The lowest BCUT2D eigenvalue weighted by Gasteiger charge is -2.10. The molecule has 3 aromatic rings. The first-order valence-electron chi connectivity index (χ1n) is 9.42. The zero-order valence-corrected chi connectivity index (χ0v) is 17.4. The Hall–Kier alpha value is -2.17. The number of aryl methyl sites for hydroxylation is 1. The first-order chi connectivity index (χ1) is 13.7. The number of aliphatic imine (C=N–C) groups is 1. The third-order valence-electron chi connectivity index (χ3n) is 4.76. The average Bonchev–Trinajstić information content (AvgIpc) is 3.34. The number of benzene rings is 2. The van der Waals surface area contributed by atoms with E-state index in [1.807, 2.05) is 48.3 Å². The smallest absolute Gasteiger partial charge is 0.233 e. The standard InChI is InChI=1S/C23H23ClN2OS/c1-17-8-10-18(11-9-17)15-28-16-20-14-27-23(25-20)22-7-4-12-26(22)13-19-5-2-3-6-21(19)24/h2-12,20H,13-16H2,1H3/t20-/m1/s1. The molecule has 0 bridgehead atoms. The van der Waals surface area contributed by atoms with Crippen LogP contribution >= 0.6 is 23.4 Å². The van der Waals surface area contributed by atoms with Crippen LogP contribution in [-0.4, -0.2) is 28.9 Å². The molecule has 0 radical (unpaired) electrons. The van der Waals surface area contributed by atoms with Gasteiger partial charge in [0.2, 0.25) is 5.90 Å². The molecule has 0 amide bonds. The predicted octanol–water partition coefficient (Wildman–Crippen LogP) is 5.58. The molecule has 0 saturated heterocycles. The zero-order valence-electron chi connectivity index (χ0n) is 15.8. The maximum Gasteiger partial charge on any atom is 0.233 e. The molecule has 2 heterocycles. The van der Waals surface area contributed by atoms with Crippen LogP contribution in [-0.2, 0) is 17.0 Å². The molecular weight excluding hydrogens is 388 g/mol. The zero-order chi connectivity index (χ0) is 19.3. The minimum atomic E-state index is 0.203. The van der Waals surface area contributed by atoms with E-state index in [-0.39, 0.29) is 6.04 Å². The van der Waals surface area contributed by atoms with Crippen LogP contribution in [0.4, 0.5) is 0 Å². The van der Waals surface area contributed by atoms with Gasteiger partial charge in [0.1, 0.15) is 12.3 Å². The Morgan fingerprint density at radius 2 is 1.93 bits per heavy atom. The summed E-state index contributed by atoms with van der Waals surface area (Å²) >= 11 is 8.22. The van der Waals surface area contributed by atoms with Gasteiger partial charge in [-0.1, -0.05) is 59.6 Å². The second-order valence-corrected chi connectivity index (χ2v) is 8.45. The van der Waals surface area contributed by atoms with Gasteiger partial charge in [-0.2, -0.15) is 11.8 Å². The minimum Gasteiger partial charge on any atom is -0.474 e. The van der Waals surface area contributed by atoms with Crippen molar-refractivity contribution >= 4 is 29.3 Å². The summed E-state index contributed by atoms with van der Waals surface area (Å²) in [7, 11) is 0. The molecule has 3 nitrogen and oxygen atoms in total. The molecule has 1 aliphatic heterocycles. The largest absolute Gasteiger partial charge is 0.474 e. The Kier molecular flexibility index (Phi) is 6.08. The molecule has 0 unspecified atom stereocenters. The van der Waals surface area contributed by atoms with Crippen LogP contribution < -0.4 is 0 Å². The maximum absolute atomic E-state index is 6.32. The van der Waals surface area contributed by atoms with E-state index in [2.05, 4.69) is 41.8 Å². The highest BCUT2D eigenvalue weighted by Gasteiger charge is 2.22. The van der Waals surface area contributed by atoms with Crippen LogP contribution in [0.5, 0.6) is 0 Å². The van der Waals surface area contributed by atoms with Crippen LogP contribution in [0.15, 0.2) is 71.9 Å². The van der Waals surface area contributed by atoms with E-state index in [4.69, 9.17) is 21.3 Å². The lowest BCUT2D eigenvalue weighted by atomic mass is 10.2. The third kappa shape index (κ3) is 4.62. The lowest BCUT2D eigenvalue weighted by molar-refractivity contribution is 0.323. The van der Waals surface area contributed by atoms with Crippen LogP contribution in [0, 0.1) is 6.92 Å². The van der Waals surface area contributed by atoms with Gasteiger partial charge in [-0.3, -0.25) is 0 Å².